The van der Waals surface area contributed by atoms with Crippen LogP contribution in [-0.4, -0.2) is 84.0 Å². The van der Waals surface area contributed by atoms with Gasteiger partial charge in [-0.1, -0.05) is 6.07 Å². The lowest BCUT2D eigenvalue weighted by molar-refractivity contribution is -0.325. The maximum atomic E-state index is 11.6. The van der Waals surface area contributed by atoms with E-state index in [9.17, 15) is 25.2 Å². The third-order valence-electron chi connectivity index (χ3n) is 7.20. The number of hydrogen-bond acceptors (Lipinski definition) is 11. The molecule has 1 fully saturated rings. The summed E-state index contributed by atoms with van der Waals surface area (Å²) in [7, 11) is 3.11. The van der Waals surface area contributed by atoms with Crippen LogP contribution in [0.4, 0.5) is 5.69 Å². The van der Waals surface area contributed by atoms with E-state index in [4.69, 9.17) is 28.4 Å². The minimum Gasteiger partial charge on any atom is -0.493 e. The van der Waals surface area contributed by atoms with Crippen molar-refractivity contribution in [3.8, 4) is 28.7 Å². The Balaban J connectivity index is 1.34. The van der Waals surface area contributed by atoms with Gasteiger partial charge in [-0.05, 0) is 18.2 Å². The van der Waals surface area contributed by atoms with Crippen molar-refractivity contribution < 1.29 is 53.6 Å². The summed E-state index contributed by atoms with van der Waals surface area (Å²) in [4.78, 5) is 11.6. The van der Waals surface area contributed by atoms with Crippen molar-refractivity contribution in [3.05, 3.63) is 35.4 Å². The number of hydrogen-bond donors (Lipinski definition) is 5. The third-order valence-corrected chi connectivity index (χ3v) is 7.20. The van der Waals surface area contributed by atoms with Crippen LogP contribution >= 0.6 is 0 Å². The van der Waals surface area contributed by atoms with Gasteiger partial charge in [-0.3, -0.25) is 0 Å². The molecule has 0 aromatic heterocycles. The van der Waals surface area contributed by atoms with Gasteiger partial charge in [0.25, 0.3) is 5.79 Å². The first-order chi connectivity index (χ1) is 17.3. The van der Waals surface area contributed by atoms with Gasteiger partial charge in [0.15, 0.2) is 23.4 Å². The first-order valence-electron chi connectivity index (χ1n) is 11.4. The van der Waals surface area contributed by atoms with Crippen molar-refractivity contribution in [1.82, 2.24) is 0 Å². The number of benzene rings is 2. The Bertz CT molecular complexity index is 1240. The van der Waals surface area contributed by atoms with Gasteiger partial charge in [-0.15, -0.1) is 0 Å². The molecule has 5 N–H and O–H groups in total. The van der Waals surface area contributed by atoms with Crippen molar-refractivity contribution >= 4 is 11.7 Å². The van der Waals surface area contributed by atoms with Crippen LogP contribution in [0.1, 0.15) is 23.1 Å². The third kappa shape index (κ3) is 3.05. The van der Waals surface area contributed by atoms with Crippen molar-refractivity contribution in [2.75, 3.05) is 32.7 Å². The summed E-state index contributed by atoms with van der Waals surface area (Å²) in [5, 5.41) is 43.5. The van der Waals surface area contributed by atoms with E-state index in [1.807, 2.05) is 12.1 Å². The lowest BCUT2D eigenvalue weighted by Crippen LogP contribution is -2.71. The molecule has 4 heterocycles. The minimum absolute atomic E-state index is 0.0855. The van der Waals surface area contributed by atoms with Gasteiger partial charge in [0.05, 0.1) is 33.3 Å². The number of rotatable bonds is 3. The summed E-state index contributed by atoms with van der Waals surface area (Å²) in [5.41, 5.74) is 2.18. The fraction of sp³-hybridized carbons (Fsp3) is 0.458. The lowest BCUT2D eigenvalue weighted by atomic mass is 9.88. The molecule has 0 amide bonds. The Morgan fingerprint density at radius 3 is 2.56 bits per heavy atom. The topological polar surface area (TPSA) is 165 Å². The summed E-state index contributed by atoms with van der Waals surface area (Å²) < 4.78 is 34.9. The first-order valence-corrected chi connectivity index (χ1v) is 11.4. The predicted molar refractivity (Wildman–Crippen MR) is 120 cm³/mol. The molecule has 0 saturated carbocycles. The zero-order chi connectivity index (χ0) is 25.4. The minimum atomic E-state index is -1.94. The van der Waals surface area contributed by atoms with E-state index in [0.29, 0.717) is 35.3 Å². The van der Waals surface area contributed by atoms with Crippen LogP contribution in [0.15, 0.2) is 24.3 Å². The Morgan fingerprint density at radius 2 is 1.83 bits per heavy atom. The standard InChI is InChI=1S/C24H25NO11/c1-31-13-6-3-9-11-7-33-18-10(17(11)34-19(9)20(13)32-2)4-5-12-14(18)25-8-24(35-12)22(28)16(27)15(26)21(36-24)23(29)30/h3-6,11,15-17,21-22,25-28H,7-8H2,1-2H3,(H,29,30)/t11-,15-,16-,17-,21-,22+,24+/m0/s1. The van der Waals surface area contributed by atoms with E-state index in [1.165, 1.54) is 0 Å². The fourth-order valence-corrected chi connectivity index (χ4v) is 5.38. The number of aliphatic carboxylic acids is 1. The summed E-state index contributed by atoms with van der Waals surface area (Å²) in [6.07, 6.45) is -7.50. The van der Waals surface area contributed by atoms with Crippen LogP contribution in [-0.2, 0) is 9.53 Å². The highest BCUT2D eigenvalue weighted by Crippen LogP contribution is 2.58. The molecule has 4 aliphatic heterocycles. The number of carboxylic acid groups (broad SMARTS) is 1. The second-order valence-corrected chi connectivity index (χ2v) is 9.10. The maximum Gasteiger partial charge on any atom is 0.335 e. The largest absolute Gasteiger partial charge is 0.493 e. The van der Waals surface area contributed by atoms with E-state index in [-0.39, 0.29) is 24.3 Å². The molecule has 0 radical (unpaired) electrons. The second-order valence-electron chi connectivity index (χ2n) is 9.10. The highest BCUT2D eigenvalue weighted by molar-refractivity contribution is 5.74. The number of anilines is 1. The Morgan fingerprint density at radius 1 is 1.06 bits per heavy atom. The number of carbonyl (C=O) groups is 1. The summed E-state index contributed by atoms with van der Waals surface area (Å²) >= 11 is 0. The molecule has 1 saturated heterocycles. The molecule has 2 aromatic carbocycles. The highest BCUT2D eigenvalue weighted by atomic mass is 16.7. The number of aliphatic hydroxyl groups excluding tert-OH is 3. The molecule has 0 aliphatic carbocycles. The SMILES string of the molecule is COc1ccc2c(c1OC)O[C@H]1c3ccc4c(c3OC[C@@H]21)NC[C@@]1(O4)O[C@H](C(=O)O)[C@@H](O)[C@H](O)[C@H]1O. The molecular weight excluding hydrogens is 478 g/mol. The smallest absolute Gasteiger partial charge is 0.335 e. The second kappa shape index (κ2) is 8.03. The quantitative estimate of drug-likeness (QED) is 0.392. The van der Waals surface area contributed by atoms with Crippen LogP contribution < -0.4 is 29.0 Å². The Labute approximate surface area is 204 Å². The van der Waals surface area contributed by atoms with Crippen molar-refractivity contribution in [3.63, 3.8) is 0 Å². The number of methoxy groups -OCH3 is 2. The average Bonchev–Trinajstić information content (AvgIpc) is 3.27. The normalized spacial score (nSPS) is 33.5. The van der Waals surface area contributed by atoms with Crippen LogP contribution in [0.3, 0.4) is 0 Å². The molecule has 36 heavy (non-hydrogen) atoms. The Kier molecular flexibility index (Phi) is 5.13. The van der Waals surface area contributed by atoms with Crippen molar-refractivity contribution in [1.29, 1.82) is 0 Å². The van der Waals surface area contributed by atoms with E-state index in [1.54, 1.807) is 26.4 Å². The molecule has 12 nitrogen and oxygen atoms in total. The number of fused-ring (bicyclic) bond motifs is 7. The fourth-order valence-electron chi connectivity index (χ4n) is 5.38. The number of ether oxygens (including phenoxy) is 6. The van der Waals surface area contributed by atoms with Crippen LogP contribution in [0.5, 0.6) is 28.7 Å². The van der Waals surface area contributed by atoms with E-state index < -0.39 is 36.2 Å². The molecule has 2 aromatic rings. The first kappa shape index (κ1) is 23.0. The van der Waals surface area contributed by atoms with Crippen LogP contribution in [0, 0.1) is 0 Å². The van der Waals surface area contributed by atoms with Gasteiger partial charge in [0.1, 0.15) is 35.9 Å². The number of nitrogens with one attached hydrogen (secondary N) is 1. The van der Waals surface area contributed by atoms with E-state index in [0.717, 1.165) is 11.1 Å². The van der Waals surface area contributed by atoms with Gasteiger partial charge in [-0.2, -0.15) is 0 Å². The summed E-state index contributed by atoms with van der Waals surface area (Å²) in [6.45, 7) is 0.100. The van der Waals surface area contributed by atoms with Crippen molar-refractivity contribution in [2.45, 2.75) is 42.2 Å². The van der Waals surface area contributed by atoms with Crippen LogP contribution in [0.2, 0.25) is 0 Å². The average molecular weight is 503 g/mol. The van der Waals surface area contributed by atoms with Gasteiger partial charge >= 0.3 is 5.97 Å². The number of carboxylic acids is 1. The molecule has 7 atom stereocenters. The van der Waals surface area contributed by atoms with Gasteiger partial charge in [-0.25, -0.2) is 4.79 Å². The molecule has 12 heteroatoms. The van der Waals surface area contributed by atoms with E-state index in [2.05, 4.69) is 5.32 Å². The zero-order valence-electron chi connectivity index (χ0n) is 19.3. The highest BCUT2D eigenvalue weighted by Gasteiger charge is 2.59. The van der Waals surface area contributed by atoms with Gasteiger partial charge in [0, 0.05) is 11.1 Å². The zero-order valence-corrected chi connectivity index (χ0v) is 19.3. The lowest BCUT2D eigenvalue weighted by Gasteiger charge is -2.49. The molecular formula is C24H25NO11. The molecule has 0 bridgehead atoms. The predicted octanol–water partition coefficient (Wildman–Crippen LogP) is 0.380. The Hall–Kier alpha value is -3.45. The molecule has 6 rings (SSSR count). The van der Waals surface area contributed by atoms with Gasteiger partial charge in [0.2, 0.25) is 5.75 Å². The molecule has 192 valence electrons. The molecule has 1 spiro atoms. The van der Waals surface area contributed by atoms with E-state index >= 15 is 0 Å². The van der Waals surface area contributed by atoms with Gasteiger partial charge < -0.3 is 54.2 Å². The summed E-state index contributed by atoms with van der Waals surface area (Å²) in [5.74, 6) is -1.16. The maximum absolute atomic E-state index is 11.6. The number of aliphatic hydroxyl groups is 3. The van der Waals surface area contributed by atoms with Crippen LogP contribution in [0.25, 0.3) is 0 Å². The molecule has 4 aliphatic rings. The monoisotopic (exact) mass is 503 g/mol. The molecule has 0 unspecified atom stereocenters. The summed E-state index contributed by atoms with van der Waals surface area (Å²) in [6, 6.07) is 7.14. The van der Waals surface area contributed by atoms with Crippen molar-refractivity contribution in [2.24, 2.45) is 0 Å².